The van der Waals surface area contributed by atoms with E-state index in [1.165, 1.54) is 24.8 Å². The molecule has 0 bridgehead atoms. The van der Waals surface area contributed by atoms with Crippen molar-refractivity contribution in [1.29, 1.82) is 0 Å². The normalized spacial score (nSPS) is 15.5. The summed E-state index contributed by atoms with van der Waals surface area (Å²) in [6, 6.07) is 15.8. The van der Waals surface area contributed by atoms with Gasteiger partial charge >= 0.3 is 0 Å². The van der Waals surface area contributed by atoms with Crippen LogP contribution < -0.4 is 15.4 Å². The van der Waals surface area contributed by atoms with Gasteiger partial charge in [-0.05, 0) is 68.1 Å². The molecular weight excluding hydrogens is 432 g/mol. The number of nitro groups is 1. The number of aliphatic hydroxyl groups is 1. The molecule has 1 aliphatic heterocycles. The lowest BCUT2D eigenvalue weighted by Gasteiger charge is -2.26. The predicted octanol–water partition coefficient (Wildman–Crippen LogP) is 3.74. The van der Waals surface area contributed by atoms with E-state index >= 15 is 0 Å². The lowest BCUT2D eigenvalue weighted by molar-refractivity contribution is -0.404. The van der Waals surface area contributed by atoms with Gasteiger partial charge in [-0.25, -0.2) is 0 Å². The molecule has 3 rings (SSSR count). The summed E-state index contributed by atoms with van der Waals surface area (Å²) < 4.78 is 5.90. The van der Waals surface area contributed by atoms with Crippen molar-refractivity contribution in [2.45, 2.75) is 45.3 Å². The van der Waals surface area contributed by atoms with Gasteiger partial charge in [0.15, 0.2) is 5.82 Å². The number of rotatable bonds is 13. The number of likely N-dealkylation sites (tertiary alicyclic amines) is 1. The van der Waals surface area contributed by atoms with Crippen molar-refractivity contribution < 1.29 is 14.8 Å². The molecule has 0 spiro atoms. The maximum Gasteiger partial charge on any atom is 0.274 e. The van der Waals surface area contributed by atoms with Crippen molar-refractivity contribution >= 4 is 0 Å². The molecule has 0 saturated carbocycles. The first-order valence-corrected chi connectivity index (χ1v) is 12.0. The van der Waals surface area contributed by atoms with Crippen LogP contribution in [0.1, 0.15) is 48.5 Å². The summed E-state index contributed by atoms with van der Waals surface area (Å²) in [5.41, 5.74) is 3.03. The number of aryl methyl sites for hydroxylation is 1. The van der Waals surface area contributed by atoms with E-state index in [1.54, 1.807) is 0 Å². The average molecular weight is 469 g/mol. The minimum Gasteiger partial charge on any atom is -0.494 e. The number of nitrogens with one attached hydrogen (secondary N) is 2. The van der Waals surface area contributed by atoms with Gasteiger partial charge in [-0.3, -0.25) is 15.0 Å². The van der Waals surface area contributed by atoms with Gasteiger partial charge < -0.3 is 20.5 Å². The second kappa shape index (κ2) is 13.6. The SMILES string of the molecule is Cc1ccccc1C(O)CNC(=C[N+](=O)[O-])NCCCOc1cccc(CN2CCCCC2)c1. The lowest BCUT2D eigenvalue weighted by Crippen LogP contribution is -2.31. The number of hydrogen-bond donors (Lipinski definition) is 3. The Morgan fingerprint density at radius 1 is 1.18 bits per heavy atom. The van der Waals surface area contributed by atoms with Crippen LogP contribution in [0, 0.1) is 17.0 Å². The number of hydrogen-bond acceptors (Lipinski definition) is 7. The molecule has 2 aromatic carbocycles. The molecule has 1 saturated heterocycles. The second-order valence-corrected chi connectivity index (χ2v) is 8.69. The molecule has 0 aromatic heterocycles. The summed E-state index contributed by atoms with van der Waals surface area (Å²) in [6.45, 7) is 6.36. The van der Waals surface area contributed by atoms with Gasteiger partial charge in [0.25, 0.3) is 6.20 Å². The number of ether oxygens (including phenoxy) is 1. The molecule has 8 nitrogen and oxygen atoms in total. The van der Waals surface area contributed by atoms with Crippen LogP contribution in [0.25, 0.3) is 0 Å². The highest BCUT2D eigenvalue weighted by molar-refractivity contribution is 5.29. The van der Waals surface area contributed by atoms with Crippen LogP contribution in [-0.4, -0.2) is 47.7 Å². The summed E-state index contributed by atoms with van der Waals surface area (Å²) in [5.74, 6) is 1.11. The Balaban J connectivity index is 1.40. The Labute approximate surface area is 201 Å². The van der Waals surface area contributed by atoms with Crippen LogP contribution >= 0.6 is 0 Å². The van der Waals surface area contributed by atoms with Gasteiger partial charge in [0, 0.05) is 19.6 Å². The number of piperidine rings is 1. The Morgan fingerprint density at radius 2 is 1.97 bits per heavy atom. The second-order valence-electron chi connectivity index (χ2n) is 8.69. The molecule has 3 N–H and O–H groups in total. The zero-order chi connectivity index (χ0) is 24.2. The minimum absolute atomic E-state index is 0.165. The summed E-state index contributed by atoms with van der Waals surface area (Å²) >= 11 is 0. The maximum atomic E-state index is 11.0. The molecule has 1 unspecified atom stereocenters. The number of nitrogens with zero attached hydrogens (tertiary/aromatic N) is 2. The highest BCUT2D eigenvalue weighted by Gasteiger charge is 2.12. The predicted molar refractivity (Wildman–Crippen MR) is 133 cm³/mol. The van der Waals surface area contributed by atoms with Crippen LogP contribution in [0.2, 0.25) is 0 Å². The highest BCUT2D eigenvalue weighted by Crippen LogP contribution is 2.18. The maximum absolute atomic E-state index is 11.0. The van der Waals surface area contributed by atoms with E-state index in [0.29, 0.717) is 19.6 Å². The first-order valence-electron chi connectivity index (χ1n) is 12.0. The summed E-state index contributed by atoms with van der Waals surface area (Å²) in [6.07, 6.45) is 4.67. The van der Waals surface area contributed by atoms with Crippen LogP contribution in [0.5, 0.6) is 5.75 Å². The number of aliphatic hydroxyl groups excluding tert-OH is 1. The van der Waals surface area contributed by atoms with Crippen LogP contribution in [0.15, 0.2) is 60.6 Å². The summed E-state index contributed by atoms with van der Waals surface area (Å²) in [4.78, 5) is 13.0. The fourth-order valence-electron chi connectivity index (χ4n) is 4.13. The van der Waals surface area contributed by atoms with E-state index in [4.69, 9.17) is 4.74 Å². The third kappa shape index (κ3) is 8.68. The van der Waals surface area contributed by atoms with Gasteiger partial charge in [0.05, 0.1) is 17.6 Å². The molecule has 1 atom stereocenters. The monoisotopic (exact) mass is 468 g/mol. The fourth-order valence-corrected chi connectivity index (χ4v) is 4.13. The molecule has 1 heterocycles. The molecule has 0 radical (unpaired) electrons. The van der Waals surface area contributed by atoms with Crippen molar-refractivity contribution in [3.05, 3.63) is 87.4 Å². The first-order chi connectivity index (χ1) is 16.5. The standard InChI is InChI=1S/C26H36N4O4/c1-21-9-3-4-12-24(21)25(31)18-28-26(20-30(32)33)27-13-8-16-34-23-11-7-10-22(17-23)19-29-14-5-2-6-15-29/h3-4,7,9-12,17,20,25,27-28,31H,2,5-6,8,13-16,18-19H2,1H3. The zero-order valence-corrected chi connectivity index (χ0v) is 19.9. The van der Waals surface area contributed by atoms with Gasteiger partial charge in [0.1, 0.15) is 5.75 Å². The van der Waals surface area contributed by atoms with E-state index in [1.807, 2.05) is 43.3 Å². The van der Waals surface area contributed by atoms with Gasteiger partial charge in [-0.1, -0.05) is 42.8 Å². The Hall–Kier alpha value is -3.10. The van der Waals surface area contributed by atoms with E-state index < -0.39 is 11.0 Å². The number of benzene rings is 2. The summed E-state index contributed by atoms with van der Waals surface area (Å²) in [5, 5.41) is 27.4. The van der Waals surface area contributed by atoms with Crippen molar-refractivity contribution in [1.82, 2.24) is 15.5 Å². The molecule has 0 amide bonds. The molecule has 1 fully saturated rings. The highest BCUT2D eigenvalue weighted by atomic mass is 16.6. The smallest absolute Gasteiger partial charge is 0.274 e. The largest absolute Gasteiger partial charge is 0.494 e. The lowest BCUT2D eigenvalue weighted by atomic mass is 10.0. The van der Waals surface area contributed by atoms with Gasteiger partial charge in [-0.2, -0.15) is 0 Å². The van der Waals surface area contributed by atoms with Crippen LogP contribution in [0.3, 0.4) is 0 Å². The Morgan fingerprint density at radius 3 is 2.74 bits per heavy atom. The van der Waals surface area contributed by atoms with Crippen molar-refractivity contribution in [3.8, 4) is 5.75 Å². The third-order valence-corrected chi connectivity index (χ3v) is 5.93. The molecular formula is C26H36N4O4. The molecule has 2 aromatic rings. The van der Waals surface area contributed by atoms with E-state index in [0.717, 1.165) is 42.7 Å². The minimum atomic E-state index is -0.765. The molecule has 0 aliphatic carbocycles. The van der Waals surface area contributed by atoms with E-state index in [9.17, 15) is 15.2 Å². The van der Waals surface area contributed by atoms with Crippen molar-refractivity contribution in [2.75, 3.05) is 32.8 Å². The van der Waals surface area contributed by atoms with Gasteiger partial charge in [0.2, 0.25) is 0 Å². The van der Waals surface area contributed by atoms with Crippen molar-refractivity contribution in [3.63, 3.8) is 0 Å². The zero-order valence-electron chi connectivity index (χ0n) is 19.9. The molecule has 1 aliphatic rings. The average Bonchev–Trinajstić information content (AvgIpc) is 2.83. The molecule has 8 heteroatoms. The third-order valence-electron chi connectivity index (χ3n) is 5.93. The summed E-state index contributed by atoms with van der Waals surface area (Å²) in [7, 11) is 0. The van der Waals surface area contributed by atoms with Gasteiger partial charge in [-0.15, -0.1) is 0 Å². The molecule has 34 heavy (non-hydrogen) atoms. The fraction of sp³-hybridized carbons (Fsp3) is 0.462. The molecule has 184 valence electrons. The van der Waals surface area contributed by atoms with Crippen LogP contribution in [0.4, 0.5) is 0 Å². The van der Waals surface area contributed by atoms with Crippen molar-refractivity contribution in [2.24, 2.45) is 0 Å². The van der Waals surface area contributed by atoms with Crippen LogP contribution in [-0.2, 0) is 6.54 Å². The Bertz CT molecular complexity index is 944. The topological polar surface area (TPSA) is 99.9 Å². The van der Waals surface area contributed by atoms with E-state index in [2.05, 4.69) is 27.7 Å². The Kier molecular flexibility index (Phi) is 10.2. The van der Waals surface area contributed by atoms with E-state index in [-0.39, 0.29) is 12.4 Å². The quantitative estimate of drug-likeness (QED) is 0.234. The first kappa shape index (κ1) is 25.5.